The Morgan fingerprint density at radius 3 is 2.52 bits per heavy atom. The summed E-state index contributed by atoms with van der Waals surface area (Å²) in [5.74, 6) is 2.05. The molecule has 7 heteroatoms. The molecule has 2 saturated heterocycles. The van der Waals surface area contributed by atoms with Gasteiger partial charge < -0.3 is 20.1 Å². The number of piperidine rings is 2. The molecule has 0 bridgehead atoms. The van der Waals surface area contributed by atoms with E-state index in [9.17, 15) is 0 Å². The largest absolute Gasteiger partial charge is 0.359 e. The van der Waals surface area contributed by atoms with E-state index in [1.165, 1.54) is 58.3 Å². The van der Waals surface area contributed by atoms with Crippen LogP contribution in [-0.2, 0) is 6.54 Å². The Hall–Kier alpha value is -1.60. The lowest BCUT2D eigenvalue weighted by Gasteiger charge is -2.50. The maximum Gasteiger partial charge on any atom is 0.191 e. The third-order valence-corrected chi connectivity index (χ3v) is 6.44. The molecular weight excluding hydrogens is 364 g/mol. The Morgan fingerprint density at radius 1 is 1.17 bits per heavy atom. The van der Waals surface area contributed by atoms with E-state index in [1.54, 1.807) is 0 Å². The molecule has 2 aliphatic rings. The fourth-order valence-corrected chi connectivity index (χ4v) is 4.43. The molecule has 2 N–H and O–H groups in total. The SMILES string of the molecule is CCNC(=NCc1cc(C(C)C)no1)NCC1(N2CCCCC2)CCN(C)CC1. The van der Waals surface area contributed by atoms with Crippen molar-refractivity contribution in [3.05, 3.63) is 17.5 Å². The molecule has 1 aromatic heterocycles. The van der Waals surface area contributed by atoms with Crippen molar-refractivity contribution in [1.29, 1.82) is 0 Å². The molecule has 1 aromatic rings. The molecule has 29 heavy (non-hydrogen) atoms. The lowest BCUT2D eigenvalue weighted by Crippen LogP contribution is -2.62. The zero-order chi connectivity index (χ0) is 20.7. The molecule has 7 nitrogen and oxygen atoms in total. The van der Waals surface area contributed by atoms with E-state index in [1.807, 2.05) is 6.07 Å². The van der Waals surface area contributed by atoms with Crippen LogP contribution in [0.2, 0.25) is 0 Å². The Labute approximate surface area is 176 Å². The van der Waals surface area contributed by atoms with Crippen LogP contribution in [0.25, 0.3) is 0 Å². The Balaban J connectivity index is 1.65. The van der Waals surface area contributed by atoms with Crippen molar-refractivity contribution in [2.45, 2.75) is 70.9 Å². The zero-order valence-electron chi connectivity index (χ0n) is 18.8. The van der Waals surface area contributed by atoms with E-state index in [-0.39, 0.29) is 5.54 Å². The molecule has 164 valence electrons. The molecule has 0 amide bonds. The van der Waals surface area contributed by atoms with E-state index >= 15 is 0 Å². The van der Waals surface area contributed by atoms with E-state index in [0.717, 1.165) is 30.5 Å². The van der Waals surface area contributed by atoms with Crippen molar-refractivity contribution < 1.29 is 4.52 Å². The summed E-state index contributed by atoms with van der Waals surface area (Å²) >= 11 is 0. The van der Waals surface area contributed by atoms with Gasteiger partial charge in [-0.05, 0) is 71.8 Å². The van der Waals surface area contributed by atoms with Crippen LogP contribution in [0.1, 0.15) is 70.2 Å². The highest BCUT2D eigenvalue weighted by Crippen LogP contribution is 2.30. The maximum absolute atomic E-state index is 5.45. The van der Waals surface area contributed by atoms with Crippen molar-refractivity contribution in [3.8, 4) is 0 Å². The van der Waals surface area contributed by atoms with E-state index in [4.69, 9.17) is 9.52 Å². The lowest BCUT2D eigenvalue weighted by atomic mass is 9.84. The topological polar surface area (TPSA) is 68.9 Å². The number of nitrogens with zero attached hydrogens (tertiary/aromatic N) is 4. The summed E-state index contributed by atoms with van der Waals surface area (Å²) < 4.78 is 5.45. The van der Waals surface area contributed by atoms with Crippen molar-refractivity contribution >= 4 is 5.96 Å². The molecule has 0 aliphatic carbocycles. The van der Waals surface area contributed by atoms with Crippen molar-refractivity contribution in [2.24, 2.45) is 4.99 Å². The van der Waals surface area contributed by atoms with E-state index in [0.29, 0.717) is 12.5 Å². The standard InChI is InChI=1S/C22H40N6O/c1-5-23-21(24-16-19-15-20(18(2)3)26-29-19)25-17-22(9-13-27(4)14-10-22)28-11-7-6-8-12-28/h15,18H,5-14,16-17H2,1-4H3,(H2,23,24,25). The van der Waals surface area contributed by atoms with Gasteiger partial charge >= 0.3 is 0 Å². The van der Waals surface area contributed by atoms with Crippen molar-refractivity contribution in [2.75, 3.05) is 46.3 Å². The number of nitrogens with one attached hydrogen (secondary N) is 2. The summed E-state index contributed by atoms with van der Waals surface area (Å²) in [5.41, 5.74) is 1.23. The van der Waals surface area contributed by atoms with Gasteiger partial charge in [-0.1, -0.05) is 25.4 Å². The molecule has 3 rings (SSSR count). The Morgan fingerprint density at radius 2 is 1.90 bits per heavy atom. The fourth-order valence-electron chi connectivity index (χ4n) is 4.43. The van der Waals surface area contributed by atoms with Crippen LogP contribution in [0, 0.1) is 0 Å². The summed E-state index contributed by atoms with van der Waals surface area (Å²) in [6.07, 6.45) is 6.47. The molecule has 0 atom stereocenters. The minimum atomic E-state index is 0.236. The second kappa shape index (κ2) is 10.4. The minimum absolute atomic E-state index is 0.236. The first kappa shape index (κ1) is 22.1. The first-order valence-corrected chi connectivity index (χ1v) is 11.4. The van der Waals surface area contributed by atoms with E-state index in [2.05, 4.69) is 53.4 Å². The average molecular weight is 405 g/mol. The number of hydrogen-bond donors (Lipinski definition) is 2. The van der Waals surface area contributed by atoms with Gasteiger partial charge in [0.2, 0.25) is 0 Å². The van der Waals surface area contributed by atoms with Gasteiger partial charge in [0.05, 0.1) is 5.69 Å². The molecule has 0 spiro atoms. The smallest absolute Gasteiger partial charge is 0.191 e. The highest BCUT2D eigenvalue weighted by atomic mass is 16.5. The van der Waals surface area contributed by atoms with Gasteiger partial charge in [0.1, 0.15) is 6.54 Å². The monoisotopic (exact) mass is 404 g/mol. The van der Waals surface area contributed by atoms with Gasteiger partial charge in [-0.3, -0.25) is 4.90 Å². The predicted molar refractivity (Wildman–Crippen MR) is 118 cm³/mol. The third-order valence-electron chi connectivity index (χ3n) is 6.44. The molecule has 2 aliphatic heterocycles. The number of guanidine groups is 1. The molecule has 0 radical (unpaired) electrons. The Kier molecular flexibility index (Phi) is 7.95. The third kappa shape index (κ3) is 5.95. The molecule has 0 aromatic carbocycles. The van der Waals surface area contributed by atoms with Crippen LogP contribution in [0.15, 0.2) is 15.6 Å². The highest BCUT2D eigenvalue weighted by Gasteiger charge is 2.39. The van der Waals surface area contributed by atoms with Crippen LogP contribution < -0.4 is 10.6 Å². The number of aliphatic imine (C=N–C) groups is 1. The number of likely N-dealkylation sites (tertiary alicyclic amines) is 2. The first-order valence-electron chi connectivity index (χ1n) is 11.4. The quantitative estimate of drug-likeness (QED) is 0.538. The lowest BCUT2D eigenvalue weighted by molar-refractivity contribution is 0.0173. The Bertz CT molecular complexity index is 641. The van der Waals surface area contributed by atoms with Crippen LogP contribution >= 0.6 is 0 Å². The van der Waals surface area contributed by atoms with Gasteiger partial charge in [-0.15, -0.1) is 0 Å². The summed E-state index contributed by atoms with van der Waals surface area (Å²) in [6, 6.07) is 2.02. The van der Waals surface area contributed by atoms with E-state index < -0.39 is 0 Å². The van der Waals surface area contributed by atoms with Crippen LogP contribution in [-0.4, -0.2) is 72.8 Å². The van der Waals surface area contributed by atoms with Crippen molar-refractivity contribution in [1.82, 2.24) is 25.6 Å². The van der Waals surface area contributed by atoms with Gasteiger partial charge in [0.15, 0.2) is 11.7 Å². The van der Waals surface area contributed by atoms with Gasteiger partial charge in [0.25, 0.3) is 0 Å². The fraction of sp³-hybridized carbons (Fsp3) is 0.818. The zero-order valence-corrected chi connectivity index (χ0v) is 18.8. The number of rotatable bonds is 7. The van der Waals surface area contributed by atoms with Gasteiger partial charge in [-0.2, -0.15) is 0 Å². The summed E-state index contributed by atoms with van der Waals surface area (Å²) in [5, 5.41) is 11.2. The maximum atomic E-state index is 5.45. The normalized spacial score (nSPS) is 21.5. The first-order chi connectivity index (χ1) is 14.0. The van der Waals surface area contributed by atoms with Crippen LogP contribution in [0.3, 0.4) is 0 Å². The molecule has 0 saturated carbocycles. The number of hydrogen-bond acceptors (Lipinski definition) is 5. The second-order valence-corrected chi connectivity index (χ2v) is 9.00. The highest BCUT2D eigenvalue weighted by molar-refractivity contribution is 5.79. The minimum Gasteiger partial charge on any atom is -0.359 e. The molecule has 0 unspecified atom stereocenters. The summed E-state index contributed by atoms with van der Waals surface area (Å²) in [4.78, 5) is 9.98. The second-order valence-electron chi connectivity index (χ2n) is 9.00. The van der Waals surface area contributed by atoms with Gasteiger partial charge in [0, 0.05) is 24.7 Å². The van der Waals surface area contributed by atoms with Crippen LogP contribution in [0.5, 0.6) is 0 Å². The number of aromatic nitrogens is 1. The molecule has 3 heterocycles. The predicted octanol–water partition coefficient (Wildman–Crippen LogP) is 2.80. The summed E-state index contributed by atoms with van der Waals surface area (Å²) in [6.45, 7) is 13.5. The van der Waals surface area contributed by atoms with Crippen molar-refractivity contribution in [3.63, 3.8) is 0 Å². The average Bonchev–Trinajstić information content (AvgIpc) is 3.22. The summed E-state index contributed by atoms with van der Waals surface area (Å²) in [7, 11) is 2.24. The van der Waals surface area contributed by atoms with Crippen LogP contribution in [0.4, 0.5) is 0 Å². The molecular formula is C22H40N6O. The molecule has 2 fully saturated rings. The van der Waals surface area contributed by atoms with Gasteiger partial charge in [-0.25, -0.2) is 4.99 Å².